The van der Waals surface area contributed by atoms with Gasteiger partial charge in [-0.05, 0) is 31.1 Å². The lowest BCUT2D eigenvalue weighted by molar-refractivity contribution is -0.139. The molecule has 1 aromatic rings. The fourth-order valence-corrected chi connectivity index (χ4v) is 4.25. The first-order valence-corrected chi connectivity index (χ1v) is 11.0. The Morgan fingerprint density at radius 3 is 1.96 bits per heavy atom. The first-order chi connectivity index (χ1) is 12.1. The molecule has 0 aromatic heterocycles. The molecule has 0 amide bonds. The van der Waals surface area contributed by atoms with Crippen LogP contribution >= 0.6 is 11.8 Å². The van der Waals surface area contributed by atoms with Gasteiger partial charge < -0.3 is 5.11 Å². The second kappa shape index (κ2) is 13.3. The van der Waals surface area contributed by atoms with E-state index in [1.54, 1.807) is 11.8 Å². The molecule has 2 nitrogen and oxygen atoms in total. The summed E-state index contributed by atoms with van der Waals surface area (Å²) >= 11 is 1.60. The fraction of sp³-hybridized carbons (Fsp3) is 0.682. The van der Waals surface area contributed by atoms with Crippen molar-refractivity contribution in [3.8, 4) is 0 Å². The summed E-state index contributed by atoms with van der Waals surface area (Å²) in [5.41, 5.74) is 1.10. The van der Waals surface area contributed by atoms with Crippen molar-refractivity contribution in [2.45, 2.75) is 89.2 Å². The maximum Gasteiger partial charge on any atom is 0.319 e. The Labute approximate surface area is 158 Å². The van der Waals surface area contributed by atoms with E-state index in [9.17, 15) is 9.90 Å². The van der Waals surface area contributed by atoms with Crippen molar-refractivity contribution in [3.63, 3.8) is 0 Å². The summed E-state index contributed by atoms with van der Waals surface area (Å²) in [6.45, 7) is 4.12. The van der Waals surface area contributed by atoms with E-state index < -0.39 is 10.7 Å². The van der Waals surface area contributed by atoms with Crippen molar-refractivity contribution in [3.05, 3.63) is 35.9 Å². The molecule has 1 N–H and O–H groups in total. The van der Waals surface area contributed by atoms with E-state index >= 15 is 0 Å². The molecule has 0 radical (unpaired) electrons. The van der Waals surface area contributed by atoms with Gasteiger partial charge >= 0.3 is 5.97 Å². The number of hydrogen-bond donors (Lipinski definition) is 1. The Kier molecular flexibility index (Phi) is 11.7. The Morgan fingerprint density at radius 2 is 1.44 bits per heavy atom. The van der Waals surface area contributed by atoms with Crippen molar-refractivity contribution in [1.82, 2.24) is 0 Å². The highest BCUT2D eigenvalue weighted by atomic mass is 32.2. The van der Waals surface area contributed by atoms with Gasteiger partial charge in [0.1, 0.15) is 4.75 Å². The number of rotatable bonds is 15. The zero-order valence-electron chi connectivity index (χ0n) is 16.1. The highest BCUT2D eigenvalue weighted by Gasteiger charge is 2.33. The molecule has 3 heteroatoms. The van der Waals surface area contributed by atoms with Crippen LogP contribution in [-0.4, -0.2) is 21.6 Å². The fourth-order valence-electron chi connectivity index (χ4n) is 3.06. The molecule has 0 heterocycles. The molecule has 1 aromatic carbocycles. The SMILES string of the molecule is CCCCCCCCCCCCSC(C)(Cc1ccccc1)C(=O)O. The number of unbranched alkanes of at least 4 members (excludes halogenated alkanes) is 9. The van der Waals surface area contributed by atoms with Gasteiger partial charge in [-0.1, -0.05) is 95.0 Å². The quantitative estimate of drug-likeness (QED) is 0.351. The van der Waals surface area contributed by atoms with Gasteiger partial charge in [0, 0.05) is 0 Å². The predicted octanol–water partition coefficient (Wildman–Crippen LogP) is 6.73. The zero-order valence-corrected chi connectivity index (χ0v) is 17.0. The Hall–Kier alpha value is -0.960. The Morgan fingerprint density at radius 1 is 0.920 bits per heavy atom. The lowest BCUT2D eigenvalue weighted by atomic mass is 10.0. The second-order valence-corrected chi connectivity index (χ2v) is 8.83. The van der Waals surface area contributed by atoms with E-state index in [4.69, 9.17) is 0 Å². The Bertz CT molecular complexity index is 460. The van der Waals surface area contributed by atoms with Gasteiger partial charge in [0.05, 0.1) is 0 Å². The van der Waals surface area contributed by atoms with Crippen LogP contribution < -0.4 is 0 Å². The molecule has 0 aliphatic rings. The van der Waals surface area contributed by atoms with E-state index in [1.807, 2.05) is 37.3 Å². The summed E-state index contributed by atoms with van der Waals surface area (Å²) in [5, 5.41) is 9.63. The van der Waals surface area contributed by atoms with Crippen LogP contribution in [0.25, 0.3) is 0 Å². The van der Waals surface area contributed by atoms with Crippen molar-refractivity contribution in [1.29, 1.82) is 0 Å². The molecule has 25 heavy (non-hydrogen) atoms. The molecule has 0 fully saturated rings. The van der Waals surface area contributed by atoms with Crippen molar-refractivity contribution in [2.75, 3.05) is 5.75 Å². The minimum absolute atomic E-state index is 0.589. The topological polar surface area (TPSA) is 37.3 Å². The van der Waals surface area contributed by atoms with Gasteiger partial charge in [0.15, 0.2) is 0 Å². The normalized spacial score (nSPS) is 13.5. The van der Waals surface area contributed by atoms with Crippen LogP contribution in [0, 0.1) is 0 Å². The summed E-state index contributed by atoms with van der Waals surface area (Å²) < 4.78 is -0.722. The lowest BCUT2D eigenvalue weighted by Gasteiger charge is -2.24. The maximum atomic E-state index is 11.7. The van der Waals surface area contributed by atoms with Gasteiger partial charge in [0.25, 0.3) is 0 Å². The number of aliphatic carboxylic acids is 1. The van der Waals surface area contributed by atoms with E-state index in [1.165, 1.54) is 57.8 Å². The molecule has 0 spiro atoms. The summed E-state index contributed by atoms with van der Waals surface area (Å²) in [6.07, 6.45) is 13.8. The van der Waals surface area contributed by atoms with E-state index in [0.717, 1.165) is 17.7 Å². The van der Waals surface area contributed by atoms with Crippen LogP contribution in [0.4, 0.5) is 0 Å². The molecule has 1 rings (SSSR count). The highest BCUT2D eigenvalue weighted by molar-refractivity contribution is 8.01. The van der Waals surface area contributed by atoms with Crippen LogP contribution in [0.1, 0.15) is 83.6 Å². The second-order valence-electron chi connectivity index (χ2n) is 7.23. The summed E-state index contributed by atoms with van der Waals surface area (Å²) in [4.78, 5) is 11.7. The Balaban J connectivity index is 2.14. The molecule has 0 bridgehead atoms. The van der Waals surface area contributed by atoms with Crippen molar-refractivity contribution < 1.29 is 9.90 Å². The number of carboxylic acid groups (broad SMARTS) is 1. The van der Waals surface area contributed by atoms with Gasteiger partial charge in [-0.25, -0.2) is 0 Å². The summed E-state index contributed by atoms with van der Waals surface area (Å²) in [5.74, 6) is 0.236. The van der Waals surface area contributed by atoms with Crippen molar-refractivity contribution >= 4 is 17.7 Å². The maximum absolute atomic E-state index is 11.7. The number of carboxylic acids is 1. The van der Waals surface area contributed by atoms with Gasteiger partial charge in [-0.15, -0.1) is 11.8 Å². The molecule has 0 aliphatic heterocycles. The molecule has 0 aliphatic carbocycles. The number of hydrogen-bond acceptors (Lipinski definition) is 2. The molecule has 1 atom stereocenters. The van der Waals surface area contributed by atoms with Crippen LogP contribution in [0.15, 0.2) is 30.3 Å². The average molecular weight is 365 g/mol. The van der Waals surface area contributed by atoms with Gasteiger partial charge in [0.2, 0.25) is 0 Å². The third kappa shape index (κ3) is 9.94. The van der Waals surface area contributed by atoms with Crippen LogP contribution in [0.2, 0.25) is 0 Å². The molecular weight excluding hydrogens is 328 g/mol. The van der Waals surface area contributed by atoms with Crippen LogP contribution in [0.3, 0.4) is 0 Å². The molecule has 0 saturated heterocycles. The highest BCUT2D eigenvalue weighted by Crippen LogP contribution is 2.30. The largest absolute Gasteiger partial charge is 0.480 e. The van der Waals surface area contributed by atoms with Gasteiger partial charge in [-0.3, -0.25) is 4.79 Å². The van der Waals surface area contributed by atoms with Crippen LogP contribution in [-0.2, 0) is 11.2 Å². The minimum Gasteiger partial charge on any atom is -0.480 e. The van der Waals surface area contributed by atoms with Gasteiger partial charge in [-0.2, -0.15) is 0 Å². The molecule has 0 saturated carbocycles. The smallest absolute Gasteiger partial charge is 0.319 e. The first-order valence-electron chi connectivity index (χ1n) is 10.00. The molecular formula is C22H36O2S. The van der Waals surface area contributed by atoms with E-state index in [0.29, 0.717) is 6.42 Å². The lowest BCUT2D eigenvalue weighted by Crippen LogP contribution is -2.34. The third-order valence-electron chi connectivity index (χ3n) is 4.76. The van der Waals surface area contributed by atoms with E-state index in [-0.39, 0.29) is 0 Å². The monoisotopic (exact) mass is 364 g/mol. The average Bonchev–Trinajstić information content (AvgIpc) is 2.60. The third-order valence-corrected chi connectivity index (χ3v) is 6.20. The van der Waals surface area contributed by atoms with Crippen LogP contribution in [0.5, 0.6) is 0 Å². The van der Waals surface area contributed by atoms with E-state index in [2.05, 4.69) is 6.92 Å². The standard InChI is InChI=1S/C22H36O2S/c1-3-4-5-6-7-8-9-10-11-15-18-25-22(2,21(23)24)19-20-16-13-12-14-17-20/h12-14,16-17H,3-11,15,18-19H2,1-2H3,(H,23,24). The summed E-state index contributed by atoms with van der Waals surface area (Å²) in [7, 11) is 0. The number of carbonyl (C=O) groups is 1. The zero-order chi connectivity index (χ0) is 18.4. The number of benzene rings is 1. The van der Waals surface area contributed by atoms with Crippen molar-refractivity contribution in [2.24, 2.45) is 0 Å². The minimum atomic E-state index is -0.722. The number of thioether (sulfide) groups is 1. The molecule has 142 valence electrons. The molecule has 1 unspecified atom stereocenters. The first kappa shape index (κ1) is 22.1. The predicted molar refractivity (Wildman–Crippen MR) is 110 cm³/mol. The summed E-state index contributed by atoms with van der Waals surface area (Å²) in [6, 6.07) is 9.96.